The summed E-state index contributed by atoms with van der Waals surface area (Å²) in [5.41, 5.74) is 7.83. The van der Waals surface area contributed by atoms with Gasteiger partial charge < -0.3 is 10.5 Å². The van der Waals surface area contributed by atoms with Crippen molar-refractivity contribution in [1.29, 1.82) is 0 Å². The second kappa shape index (κ2) is 9.19. The molecular weight excluding hydrogens is 490 g/mol. The van der Waals surface area contributed by atoms with Crippen LogP contribution in [0.3, 0.4) is 0 Å². The maximum absolute atomic E-state index is 13.6. The zero-order valence-corrected chi connectivity index (χ0v) is 20.7. The lowest BCUT2D eigenvalue weighted by Gasteiger charge is -2.26. The van der Waals surface area contributed by atoms with Crippen LogP contribution in [0.1, 0.15) is 5.56 Å². The van der Waals surface area contributed by atoms with Gasteiger partial charge in [-0.3, -0.25) is 14.1 Å². The van der Waals surface area contributed by atoms with Crippen LogP contribution in [0.4, 0.5) is 5.82 Å². The van der Waals surface area contributed by atoms with Gasteiger partial charge in [0.25, 0.3) is 11.2 Å². The second-order valence-corrected chi connectivity index (χ2v) is 10.9. The van der Waals surface area contributed by atoms with Gasteiger partial charge in [-0.05, 0) is 43.3 Å². The number of pyridine rings is 2. The molecule has 0 aliphatic carbocycles. The van der Waals surface area contributed by atoms with Gasteiger partial charge in [-0.25, -0.2) is 13.0 Å². The maximum Gasteiger partial charge on any atom is 0.278 e. The first-order chi connectivity index (χ1) is 16.8. The van der Waals surface area contributed by atoms with Crippen LogP contribution in [-0.2, 0) is 21.1 Å². The monoisotopic (exact) mass is 514 g/mol. The molecule has 4 aromatic rings. The van der Waals surface area contributed by atoms with E-state index in [0.29, 0.717) is 42.6 Å². The number of rotatable bonds is 5. The molecule has 5 rings (SSSR count). The zero-order chi connectivity index (χ0) is 24.7. The molecule has 35 heavy (non-hydrogen) atoms. The van der Waals surface area contributed by atoms with E-state index in [1.54, 1.807) is 16.8 Å². The number of nitrogens with zero attached hydrogens (tertiary/aromatic N) is 4. The molecule has 1 aliphatic heterocycles. The standard InChI is InChI=1S/C24H24ClN5O4S/c1-16-3-2-8-30-22(16)27-23-19(24(30)31)15-20(35(32,33)18-6-4-17(25)5-7-18)21(26)29(23)10-9-28-11-13-34-14-12-28/h2-8,15,26H,9-14H2,1H3/p+1. The molecule has 0 spiro atoms. The molecule has 182 valence electrons. The first-order valence-electron chi connectivity index (χ1n) is 11.2. The number of aromatic nitrogens is 3. The zero-order valence-electron chi connectivity index (χ0n) is 19.1. The van der Waals surface area contributed by atoms with E-state index in [1.165, 1.54) is 34.7 Å². The fraction of sp³-hybridized carbons (Fsp3) is 0.292. The van der Waals surface area contributed by atoms with Crippen molar-refractivity contribution in [3.63, 3.8) is 0 Å². The predicted octanol–water partition coefficient (Wildman–Crippen LogP) is 1.84. The van der Waals surface area contributed by atoms with Crippen molar-refractivity contribution < 1.29 is 17.7 Å². The van der Waals surface area contributed by atoms with Gasteiger partial charge in [-0.2, -0.15) is 0 Å². The molecule has 2 N–H and O–H groups in total. The summed E-state index contributed by atoms with van der Waals surface area (Å²) in [6.45, 7) is 5.63. The van der Waals surface area contributed by atoms with E-state index in [2.05, 4.69) is 4.90 Å². The Morgan fingerprint density at radius 1 is 1.17 bits per heavy atom. The van der Waals surface area contributed by atoms with E-state index < -0.39 is 9.84 Å². The molecule has 0 amide bonds. The number of hydrogen-bond donors (Lipinski definition) is 1. The van der Waals surface area contributed by atoms with E-state index in [-0.39, 0.29) is 26.6 Å². The summed E-state index contributed by atoms with van der Waals surface area (Å²) < 4.78 is 35.7. The van der Waals surface area contributed by atoms with Crippen molar-refractivity contribution in [2.75, 3.05) is 38.6 Å². The Bertz CT molecular complexity index is 1600. The molecule has 1 fully saturated rings. The highest BCUT2D eigenvalue weighted by Crippen LogP contribution is 2.27. The summed E-state index contributed by atoms with van der Waals surface area (Å²) in [5, 5.41) is 0.595. The molecule has 0 atom stereocenters. The van der Waals surface area contributed by atoms with Crippen molar-refractivity contribution in [1.82, 2.24) is 14.3 Å². The normalized spacial score (nSPS) is 15.1. The first kappa shape index (κ1) is 23.7. The topological polar surface area (TPSA) is 111 Å². The third-order valence-corrected chi connectivity index (χ3v) is 8.35. The number of fused-ring (bicyclic) bond motifs is 2. The van der Waals surface area contributed by atoms with E-state index in [0.717, 1.165) is 18.7 Å². The van der Waals surface area contributed by atoms with Crippen LogP contribution in [-0.4, -0.2) is 55.6 Å². The second-order valence-electron chi connectivity index (χ2n) is 8.50. The quantitative estimate of drug-likeness (QED) is 0.319. The van der Waals surface area contributed by atoms with E-state index >= 15 is 0 Å². The van der Waals surface area contributed by atoms with Gasteiger partial charge in [0.1, 0.15) is 10.3 Å². The van der Waals surface area contributed by atoms with E-state index in [4.69, 9.17) is 27.1 Å². The van der Waals surface area contributed by atoms with Crippen LogP contribution < -0.4 is 15.9 Å². The third kappa shape index (κ3) is 4.27. The molecule has 4 heterocycles. The van der Waals surface area contributed by atoms with Crippen LogP contribution in [0.25, 0.3) is 16.7 Å². The average molecular weight is 515 g/mol. The lowest BCUT2D eigenvalue weighted by atomic mass is 10.2. The highest BCUT2D eigenvalue weighted by atomic mass is 35.5. The lowest BCUT2D eigenvalue weighted by Crippen LogP contribution is -2.47. The molecule has 1 aliphatic rings. The average Bonchev–Trinajstić information content (AvgIpc) is 2.85. The molecule has 0 bridgehead atoms. The number of nitrogens with two attached hydrogens (primary N) is 1. The smallest absolute Gasteiger partial charge is 0.278 e. The number of sulfone groups is 1. The summed E-state index contributed by atoms with van der Waals surface area (Å²) in [4.78, 5) is 20.4. The molecule has 0 radical (unpaired) electrons. The molecule has 9 nitrogen and oxygen atoms in total. The third-order valence-electron chi connectivity index (χ3n) is 6.30. The molecule has 1 aromatic carbocycles. The highest BCUT2D eigenvalue weighted by molar-refractivity contribution is 7.91. The number of ether oxygens (including phenoxy) is 1. The summed E-state index contributed by atoms with van der Waals surface area (Å²) in [6.07, 6.45) is 1.62. The van der Waals surface area contributed by atoms with Gasteiger partial charge in [-0.15, -0.1) is 0 Å². The number of hydrogen-bond acceptors (Lipinski definition) is 7. The van der Waals surface area contributed by atoms with Gasteiger partial charge in [0.05, 0.1) is 24.7 Å². The molecule has 0 saturated carbocycles. The van der Waals surface area contributed by atoms with Gasteiger partial charge in [0.15, 0.2) is 0 Å². The van der Waals surface area contributed by atoms with Gasteiger partial charge in [0.2, 0.25) is 21.3 Å². The summed E-state index contributed by atoms with van der Waals surface area (Å²) in [7, 11) is -4.04. The van der Waals surface area contributed by atoms with Crippen LogP contribution in [0, 0.1) is 6.92 Å². The summed E-state index contributed by atoms with van der Waals surface area (Å²) in [5.74, 6) is 0.0329. The molecule has 3 aromatic heterocycles. The van der Waals surface area contributed by atoms with E-state index in [1.807, 2.05) is 13.0 Å². The van der Waals surface area contributed by atoms with Crippen molar-refractivity contribution in [2.24, 2.45) is 0 Å². The Kier molecular flexibility index (Phi) is 6.22. The minimum absolute atomic E-state index is 0.0329. The van der Waals surface area contributed by atoms with Crippen molar-refractivity contribution in [2.45, 2.75) is 23.3 Å². The summed E-state index contributed by atoms with van der Waals surface area (Å²) >= 11 is 5.96. The predicted molar refractivity (Wildman–Crippen MR) is 132 cm³/mol. The Hall–Kier alpha value is -3.05. The Morgan fingerprint density at radius 2 is 1.89 bits per heavy atom. The molecular formula is C24H25ClN5O4S+. The van der Waals surface area contributed by atoms with Crippen molar-refractivity contribution in [3.8, 4) is 0 Å². The Labute approximate surface area is 207 Å². The molecule has 1 saturated heterocycles. The summed E-state index contributed by atoms with van der Waals surface area (Å²) in [6, 6.07) is 10.8. The minimum atomic E-state index is -4.04. The minimum Gasteiger partial charge on any atom is -0.379 e. The Morgan fingerprint density at radius 3 is 2.60 bits per heavy atom. The number of aryl methyl sites for hydroxylation is 1. The fourth-order valence-electron chi connectivity index (χ4n) is 4.33. The number of nitrogen functional groups attached to an aromatic ring is 1. The fourth-order valence-corrected chi connectivity index (χ4v) is 5.87. The number of anilines is 1. The maximum atomic E-state index is 13.6. The van der Waals surface area contributed by atoms with Crippen molar-refractivity contribution >= 4 is 43.9 Å². The van der Waals surface area contributed by atoms with Gasteiger partial charge in [0, 0.05) is 36.4 Å². The number of benzene rings is 1. The van der Waals surface area contributed by atoms with E-state index in [9.17, 15) is 13.2 Å². The largest absolute Gasteiger partial charge is 0.379 e. The SMILES string of the molecule is Cc1cccn2c(=O)c3cc(S(=O)(=O)c4ccc(Cl)cc4)c(N)[n+](CCN4CCOCC4)c3nc12. The van der Waals surface area contributed by atoms with Gasteiger partial charge >= 0.3 is 0 Å². The van der Waals surface area contributed by atoms with Crippen molar-refractivity contribution in [3.05, 3.63) is 69.6 Å². The van der Waals surface area contributed by atoms with Crippen LogP contribution in [0.15, 0.2) is 63.2 Å². The van der Waals surface area contributed by atoms with Crippen LogP contribution >= 0.6 is 11.6 Å². The molecule has 11 heteroatoms. The highest BCUT2D eigenvalue weighted by Gasteiger charge is 2.30. The van der Waals surface area contributed by atoms with Crippen LogP contribution in [0.5, 0.6) is 0 Å². The van der Waals surface area contributed by atoms with Crippen LogP contribution in [0.2, 0.25) is 5.02 Å². The first-order valence-corrected chi connectivity index (χ1v) is 13.1. The lowest BCUT2D eigenvalue weighted by molar-refractivity contribution is -0.660. The number of morpholine rings is 1. The Balaban J connectivity index is 1.75. The molecule has 0 unspecified atom stereocenters. The van der Waals surface area contributed by atoms with Gasteiger partial charge in [-0.1, -0.05) is 22.7 Å². The number of halogens is 1.